The molecule has 0 fully saturated rings. The smallest absolute Gasteiger partial charge is 0.0384 e. The van der Waals surface area contributed by atoms with Crippen molar-refractivity contribution in [2.24, 2.45) is 0 Å². The van der Waals surface area contributed by atoms with Crippen molar-refractivity contribution >= 4 is 29.1 Å². The van der Waals surface area contributed by atoms with E-state index in [-0.39, 0.29) is 0 Å². The number of rotatable bonds is 1. The van der Waals surface area contributed by atoms with Crippen LogP contribution in [0.2, 0.25) is 0 Å². The lowest BCUT2D eigenvalue weighted by atomic mass is 10.0. The van der Waals surface area contributed by atoms with Gasteiger partial charge in [0.15, 0.2) is 0 Å². The van der Waals surface area contributed by atoms with Gasteiger partial charge in [-0.3, -0.25) is 0 Å². The summed E-state index contributed by atoms with van der Waals surface area (Å²) in [5.74, 6) is 0. The van der Waals surface area contributed by atoms with Crippen LogP contribution in [0.3, 0.4) is 0 Å². The maximum absolute atomic E-state index is 4.48. The third-order valence-corrected chi connectivity index (χ3v) is 2.93. The van der Waals surface area contributed by atoms with E-state index in [1.807, 2.05) is 27.0 Å². The summed E-state index contributed by atoms with van der Waals surface area (Å²) >= 11 is 4.48. The van der Waals surface area contributed by atoms with Crippen LogP contribution in [0.1, 0.15) is 19.4 Å². The van der Waals surface area contributed by atoms with Gasteiger partial charge in [-0.15, -0.1) is 12.6 Å². The highest BCUT2D eigenvalue weighted by Crippen LogP contribution is 2.30. The lowest BCUT2D eigenvalue weighted by Gasteiger charge is -2.10. The zero-order valence-electron chi connectivity index (χ0n) is 10.3. The molecule has 0 atom stereocenters. The van der Waals surface area contributed by atoms with Gasteiger partial charge in [-0.1, -0.05) is 38.1 Å². The van der Waals surface area contributed by atoms with Crippen LogP contribution in [0, 0.1) is 6.92 Å². The molecule has 16 heavy (non-hydrogen) atoms. The predicted octanol–water partition coefficient (Wildman–Crippen LogP) is 4.50. The fourth-order valence-corrected chi connectivity index (χ4v) is 2.09. The molecule has 0 aliphatic rings. The molecule has 1 N–H and O–H groups in total. The number of hydrogen-bond acceptors (Lipinski definition) is 2. The zero-order valence-corrected chi connectivity index (χ0v) is 11.2. The first kappa shape index (κ1) is 12.9. The molecule has 0 unspecified atom stereocenters. The van der Waals surface area contributed by atoms with Crippen LogP contribution in [0.25, 0.3) is 10.8 Å². The molecule has 0 radical (unpaired) electrons. The summed E-state index contributed by atoms with van der Waals surface area (Å²) in [6.07, 6.45) is 0. The second-order valence-corrected chi connectivity index (χ2v) is 3.85. The minimum atomic E-state index is 1.02. The fraction of sp³-hybridized carbons (Fsp3) is 0.286. The van der Waals surface area contributed by atoms with Crippen LogP contribution < -0.4 is 5.32 Å². The van der Waals surface area contributed by atoms with Crippen LogP contribution in [0.5, 0.6) is 0 Å². The Morgan fingerprint density at radius 3 is 2.19 bits per heavy atom. The number of thiol groups is 1. The first-order chi connectivity index (χ1) is 7.74. The number of anilines is 1. The van der Waals surface area contributed by atoms with Crippen molar-refractivity contribution in [3.05, 3.63) is 35.9 Å². The highest BCUT2D eigenvalue weighted by atomic mass is 32.1. The van der Waals surface area contributed by atoms with Crippen LogP contribution in [-0.2, 0) is 0 Å². The Balaban J connectivity index is 0.000000606. The maximum Gasteiger partial charge on any atom is 0.0384 e. The third kappa shape index (κ3) is 2.33. The van der Waals surface area contributed by atoms with Crippen molar-refractivity contribution in [3.63, 3.8) is 0 Å². The molecule has 0 aromatic heterocycles. The van der Waals surface area contributed by atoms with E-state index in [0.29, 0.717) is 0 Å². The van der Waals surface area contributed by atoms with Gasteiger partial charge in [0.25, 0.3) is 0 Å². The molecule has 0 aliphatic heterocycles. The molecule has 86 valence electrons. The predicted molar refractivity (Wildman–Crippen MR) is 76.8 cm³/mol. The first-order valence-corrected chi connectivity index (χ1v) is 6.08. The molecule has 2 aromatic carbocycles. The Morgan fingerprint density at radius 1 is 1.06 bits per heavy atom. The number of nitrogens with one attached hydrogen (secondary N) is 1. The lowest BCUT2D eigenvalue weighted by molar-refractivity contribution is 1.40. The lowest BCUT2D eigenvalue weighted by Crippen LogP contribution is -1.93. The van der Waals surface area contributed by atoms with Gasteiger partial charge in [0.1, 0.15) is 0 Å². The highest BCUT2D eigenvalue weighted by Gasteiger charge is 2.04. The molecule has 0 amide bonds. The van der Waals surface area contributed by atoms with Crippen LogP contribution >= 0.6 is 12.6 Å². The van der Waals surface area contributed by atoms with E-state index in [9.17, 15) is 0 Å². The summed E-state index contributed by atoms with van der Waals surface area (Å²) in [6.45, 7) is 6.13. The summed E-state index contributed by atoms with van der Waals surface area (Å²) < 4.78 is 0. The van der Waals surface area contributed by atoms with E-state index in [2.05, 4.69) is 49.1 Å². The van der Waals surface area contributed by atoms with E-state index >= 15 is 0 Å². The van der Waals surface area contributed by atoms with Gasteiger partial charge in [0, 0.05) is 17.6 Å². The average Bonchev–Trinajstić information content (AvgIpc) is 2.36. The van der Waals surface area contributed by atoms with Gasteiger partial charge >= 0.3 is 0 Å². The molecule has 2 rings (SSSR count). The van der Waals surface area contributed by atoms with E-state index in [4.69, 9.17) is 0 Å². The second kappa shape index (κ2) is 5.80. The van der Waals surface area contributed by atoms with Gasteiger partial charge < -0.3 is 5.32 Å². The van der Waals surface area contributed by atoms with Gasteiger partial charge in [-0.25, -0.2) is 0 Å². The molecule has 2 aromatic rings. The standard InChI is InChI=1S/C12H13NS.C2H6/c1-8-9-5-3-4-6-10(9)12(14)7-11(8)13-2;1-2/h3-7,13-14H,1-2H3;1-2H3. The van der Waals surface area contributed by atoms with Crippen LogP contribution in [-0.4, -0.2) is 7.05 Å². The van der Waals surface area contributed by atoms with E-state index in [1.165, 1.54) is 16.3 Å². The second-order valence-electron chi connectivity index (χ2n) is 3.36. The first-order valence-electron chi connectivity index (χ1n) is 5.63. The Morgan fingerprint density at radius 2 is 1.62 bits per heavy atom. The van der Waals surface area contributed by atoms with Gasteiger partial charge in [0.2, 0.25) is 0 Å². The van der Waals surface area contributed by atoms with E-state index < -0.39 is 0 Å². The molecule has 2 heteroatoms. The molecular weight excluding hydrogens is 214 g/mol. The number of aryl methyl sites for hydroxylation is 1. The van der Waals surface area contributed by atoms with Crippen molar-refractivity contribution in [2.45, 2.75) is 25.7 Å². The SMILES string of the molecule is CC.CNc1cc(S)c2ccccc2c1C. The van der Waals surface area contributed by atoms with Crippen LogP contribution in [0.4, 0.5) is 5.69 Å². The van der Waals surface area contributed by atoms with Crippen molar-refractivity contribution in [1.29, 1.82) is 0 Å². The van der Waals surface area contributed by atoms with Crippen molar-refractivity contribution < 1.29 is 0 Å². The average molecular weight is 233 g/mol. The molecule has 0 aliphatic carbocycles. The largest absolute Gasteiger partial charge is 0.388 e. The van der Waals surface area contributed by atoms with Gasteiger partial charge in [0.05, 0.1) is 0 Å². The molecule has 0 heterocycles. The van der Waals surface area contributed by atoms with Gasteiger partial charge in [-0.2, -0.15) is 0 Å². The Hall–Kier alpha value is -1.15. The molecule has 0 bridgehead atoms. The third-order valence-electron chi connectivity index (χ3n) is 2.56. The summed E-state index contributed by atoms with van der Waals surface area (Å²) in [7, 11) is 1.93. The van der Waals surface area contributed by atoms with E-state index in [0.717, 1.165) is 10.6 Å². The number of benzene rings is 2. The Kier molecular flexibility index (Phi) is 4.69. The quantitative estimate of drug-likeness (QED) is 0.691. The van der Waals surface area contributed by atoms with E-state index in [1.54, 1.807) is 0 Å². The molecule has 0 spiro atoms. The van der Waals surface area contributed by atoms with Crippen molar-refractivity contribution in [3.8, 4) is 0 Å². The fourth-order valence-electron chi connectivity index (χ4n) is 1.76. The topological polar surface area (TPSA) is 12.0 Å². The van der Waals surface area contributed by atoms with Crippen molar-refractivity contribution in [1.82, 2.24) is 0 Å². The Bertz CT molecular complexity index is 477. The van der Waals surface area contributed by atoms with Crippen molar-refractivity contribution in [2.75, 3.05) is 12.4 Å². The number of fused-ring (bicyclic) bond motifs is 1. The van der Waals surface area contributed by atoms with Crippen LogP contribution in [0.15, 0.2) is 35.2 Å². The summed E-state index contributed by atoms with van der Waals surface area (Å²) in [6, 6.07) is 10.4. The monoisotopic (exact) mass is 233 g/mol. The molecule has 0 saturated heterocycles. The maximum atomic E-state index is 4.48. The summed E-state index contributed by atoms with van der Waals surface area (Å²) in [4.78, 5) is 1.02. The normalized spacial score (nSPS) is 9.56. The zero-order chi connectivity index (χ0) is 12.1. The minimum absolute atomic E-state index is 1.02. The van der Waals surface area contributed by atoms with Gasteiger partial charge in [-0.05, 0) is 29.3 Å². The summed E-state index contributed by atoms with van der Waals surface area (Å²) in [5.41, 5.74) is 2.43. The minimum Gasteiger partial charge on any atom is -0.388 e. The molecule has 0 saturated carbocycles. The number of hydrogen-bond donors (Lipinski definition) is 2. The Labute approximate surface area is 103 Å². The molecule has 1 nitrogen and oxygen atoms in total. The highest BCUT2D eigenvalue weighted by molar-refractivity contribution is 7.80. The molecular formula is C14H19NS. The summed E-state index contributed by atoms with van der Waals surface area (Å²) in [5, 5.41) is 5.66.